The predicted octanol–water partition coefficient (Wildman–Crippen LogP) is 2.81. The second kappa shape index (κ2) is 5.16. The van der Waals surface area contributed by atoms with E-state index in [1.54, 1.807) is 18.3 Å². The molecule has 0 aliphatic carbocycles. The van der Waals surface area contributed by atoms with Crippen molar-refractivity contribution in [2.45, 2.75) is 6.92 Å². The third kappa shape index (κ3) is 2.51. The van der Waals surface area contributed by atoms with Gasteiger partial charge in [-0.25, -0.2) is 4.79 Å². The number of pyridine rings is 1. The van der Waals surface area contributed by atoms with Crippen LogP contribution in [0.1, 0.15) is 15.9 Å². The van der Waals surface area contributed by atoms with Crippen LogP contribution in [-0.2, 0) is 0 Å². The van der Waals surface area contributed by atoms with Crippen molar-refractivity contribution in [3.05, 3.63) is 53.7 Å². The Kier molecular flexibility index (Phi) is 3.19. The van der Waals surface area contributed by atoms with Crippen LogP contribution in [0.2, 0.25) is 0 Å². The lowest BCUT2D eigenvalue weighted by molar-refractivity contribution is 0.0697. The number of benzene rings is 1. The first kappa shape index (κ1) is 13.0. The van der Waals surface area contributed by atoms with Crippen LogP contribution in [0.5, 0.6) is 0 Å². The molecule has 0 atom stereocenters. The summed E-state index contributed by atoms with van der Waals surface area (Å²) in [5, 5.41) is 12.9. The maximum absolute atomic E-state index is 11.0. The first-order chi connectivity index (χ1) is 10.1. The van der Waals surface area contributed by atoms with E-state index >= 15 is 0 Å². The molecule has 1 aromatic carbocycles. The first-order valence-electron chi connectivity index (χ1n) is 6.24. The van der Waals surface area contributed by atoms with Gasteiger partial charge in [-0.2, -0.15) is 4.98 Å². The van der Waals surface area contributed by atoms with Crippen LogP contribution in [0.3, 0.4) is 0 Å². The van der Waals surface area contributed by atoms with E-state index in [2.05, 4.69) is 15.1 Å². The van der Waals surface area contributed by atoms with Gasteiger partial charge >= 0.3 is 5.97 Å². The zero-order chi connectivity index (χ0) is 14.8. The average molecular weight is 281 g/mol. The molecule has 21 heavy (non-hydrogen) atoms. The van der Waals surface area contributed by atoms with Gasteiger partial charge in [-0.05, 0) is 36.8 Å². The van der Waals surface area contributed by atoms with E-state index in [1.165, 1.54) is 12.1 Å². The monoisotopic (exact) mass is 281 g/mol. The topological polar surface area (TPSA) is 89.1 Å². The zero-order valence-electron chi connectivity index (χ0n) is 11.1. The molecule has 0 bridgehead atoms. The Balaban J connectivity index is 2.01. The summed E-state index contributed by atoms with van der Waals surface area (Å²) in [5.74, 6) is -0.362. The van der Waals surface area contributed by atoms with Gasteiger partial charge in [-0.15, -0.1) is 0 Å². The summed E-state index contributed by atoms with van der Waals surface area (Å²) >= 11 is 0. The first-order valence-corrected chi connectivity index (χ1v) is 6.24. The Bertz CT molecular complexity index is 811. The Morgan fingerprint density at radius 3 is 2.86 bits per heavy atom. The van der Waals surface area contributed by atoms with Gasteiger partial charge in [0, 0.05) is 11.8 Å². The number of carbonyl (C=O) groups is 1. The number of aryl methyl sites for hydroxylation is 1. The second-order valence-corrected chi connectivity index (χ2v) is 4.48. The fourth-order valence-corrected chi connectivity index (χ4v) is 1.94. The van der Waals surface area contributed by atoms with Crippen molar-refractivity contribution in [3.63, 3.8) is 0 Å². The molecule has 6 nitrogen and oxygen atoms in total. The van der Waals surface area contributed by atoms with E-state index in [1.807, 2.05) is 19.1 Å². The average Bonchev–Trinajstić information content (AvgIpc) is 2.97. The quantitative estimate of drug-likeness (QED) is 0.794. The number of rotatable bonds is 3. The maximum atomic E-state index is 11.0. The summed E-state index contributed by atoms with van der Waals surface area (Å²) in [6.45, 7) is 1.91. The maximum Gasteiger partial charge on any atom is 0.335 e. The van der Waals surface area contributed by atoms with Crippen LogP contribution in [0.15, 0.2) is 47.1 Å². The second-order valence-electron chi connectivity index (χ2n) is 4.48. The number of nitrogens with zero attached hydrogens (tertiary/aromatic N) is 3. The van der Waals surface area contributed by atoms with Gasteiger partial charge < -0.3 is 9.63 Å². The number of hydrogen-bond acceptors (Lipinski definition) is 5. The lowest BCUT2D eigenvalue weighted by atomic mass is 10.1. The van der Waals surface area contributed by atoms with E-state index < -0.39 is 5.97 Å². The summed E-state index contributed by atoms with van der Waals surface area (Å²) in [7, 11) is 0. The summed E-state index contributed by atoms with van der Waals surface area (Å²) < 4.78 is 5.20. The highest BCUT2D eigenvalue weighted by molar-refractivity contribution is 5.89. The number of hydrogen-bond donors (Lipinski definition) is 1. The van der Waals surface area contributed by atoms with Crippen LogP contribution in [-0.4, -0.2) is 26.2 Å². The molecule has 0 saturated heterocycles. The van der Waals surface area contributed by atoms with Crippen LogP contribution >= 0.6 is 0 Å². The molecule has 1 N–H and O–H groups in total. The molecular formula is C15H11N3O3. The smallest absolute Gasteiger partial charge is 0.335 e. The minimum Gasteiger partial charge on any atom is -0.478 e. The number of aromatic nitrogens is 3. The number of carboxylic acid groups (broad SMARTS) is 1. The third-order valence-electron chi connectivity index (χ3n) is 3.00. The lowest BCUT2D eigenvalue weighted by Gasteiger charge is -1.97. The van der Waals surface area contributed by atoms with Crippen LogP contribution < -0.4 is 0 Å². The fourth-order valence-electron chi connectivity index (χ4n) is 1.94. The minimum absolute atomic E-state index is 0.168. The normalized spacial score (nSPS) is 10.5. The molecule has 0 spiro atoms. The van der Waals surface area contributed by atoms with Crippen molar-refractivity contribution in [2.24, 2.45) is 0 Å². The molecule has 0 aliphatic rings. The molecule has 0 saturated carbocycles. The molecule has 2 heterocycles. The third-order valence-corrected chi connectivity index (χ3v) is 3.00. The van der Waals surface area contributed by atoms with Gasteiger partial charge in [0.25, 0.3) is 5.89 Å². The molecule has 2 aromatic heterocycles. The Hall–Kier alpha value is -3.02. The molecular weight excluding hydrogens is 270 g/mol. The fraction of sp³-hybridized carbons (Fsp3) is 0.0667. The van der Waals surface area contributed by atoms with Crippen molar-refractivity contribution in [2.75, 3.05) is 0 Å². The Morgan fingerprint density at radius 1 is 1.24 bits per heavy atom. The Labute approximate surface area is 120 Å². The van der Waals surface area contributed by atoms with Gasteiger partial charge in [-0.3, -0.25) is 4.98 Å². The summed E-state index contributed by atoms with van der Waals surface area (Å²) in [4.78, 5) is 19.5. The molecule has 0 amide bonds. The highest BCUT2D eigenvalue weighted by Crippen LogP contribution is 2.23. The van der Waals surface area contributed by atoms with Crippen molar-refractivity contribution in [3.8, 4) is 23.0 Å². The lowest BCUT2D eigenvalue weighted by Crippen LogP contribution is -1.95. The molecule has 104 valence electrons. The highest BCUT2D eigenvalue weighted by Gasteiger charge is 2.14. The van der Waals surface area contributed by atoms with Crippen LogP contribution in [0.4, 0.5) is 0 Å². The van der Waals surface area contributed by atoms with E-state index in [0.717, 1.165) is 5.56 Å². The molecule has 0 aliphatic heterocycles. The zero-order valence-corrected chi connectivity index (χ0v) is 11.1. The van der Waals surface area contributed by atoms with Crippen molar-refractivity contribution in [1.29, 1.82) is 0 Å². The molecule has 0 fully saturated rings. The van der Waals surface area contributed by atoms with Gasteiger partial charge in [0.1, 0.15) is 5.69 Å². The molecule has 0 radical (unpaired) electrons. The van der Waals surface area contributed by atoms with Crippen LogP contribution in [0.25, 0.3) is 23.0 Å². The van der Waals surface area contributed by atoms with E-state index in [-0.39, 0.29) is 11.5 Å². The number of carboxylic acids is 1. The molecule has 0 unspecified atom stereocenters. The van der Waals surface area contributed by atoms with Gasteiger partial charge in [-0.1, -0.05) is 17.3 Å². The van der Waals surface area contributed by atoms with E-state index in [0.29, 0.717) is 17.1 Å². The van der Waals surface area contributed by atoms with Crippen molar-refractivity contribution < 1.29 is 14.4 Å². The van der Waals surface area contributed by atoms with E-state index in [9.17, 15) is 4.79 Å². The van der Waals surface area contributed by atoms with Crippen molar-refractivity contribution >= 4 is 5.97 Å². The van der Waals surface area contributed by atoms with Gasteiger partial charge in [0.15, 0.2) is 0 Å². The molecule has 3 aromatic rings. The molecule has 6 heteroatoms. The van der Waals surface area contributed by atoms with Gasteiger partial charge in [0.2, 0.25) is 5.82 Å². The van der Waals surface area contributed by atoms with Crippen LogP contribution in [0, 0.1) is 6.92 Å². The largest absolute Gasteiger partial charge is 0.478 e. The summed E-state index contributed by atoms with van der Waals surface area (Å²) in [5.41, 5.74) is 2.30. The Morgan fingerprint density at radius 2 is 2.10 bits per heavy atom. The van der Waals surface area contributed by atoms with E-state index in [4.69, 9.17) is 9.63 Å². The predicted molar refractivity (Wildman–Crippen MR) is 74.7 cm³/mol. The summed E-state index contributed by atoms with van der Waals surface area (Å²) in [6, 6.07) is 10.1. The molecule has 3 rings (SSSR count). The highest BCUT2D eigenvalue weighted by atomic mass is 16.5. The van der Waals surface area contributed by atoms with Gasteiger partial charge in [0.05, 0.1) is 5.56 Å². The standard InChI is InChI=1S/C15H11N3O3/c1-9-4-3-7-16-12(9)13-17-14(21-18-13)10-5-2-6-11(8-10)15(19)20/h2-8H,1H3,(H,19,20). The SMILES string of the molecule is Cc1cccnc1-c1noc(-c2cccc(C(=O)O)c2)n1. The number of aromatic carboxylic acids is 1. The minimum atomic E-state index is -1.00. The summed E-state index contributed by atoms with van der Waals surface area (Å²) in [6.07, 6.45) is 1.66. The van der Waals surface area contributed by atoms with Crippen molar-refractivity contribution in [1.82, 2.24) is 15.1 Å².